The average molecular weight is 337 g/mol. The molecule has 1 fully saturated rings. The van der Waals surface area contributed by atoms with Crippen LogP contribution in [0.3, 0.4) is 0 Å². The highest BCUT2D eigenvalue weighted by Crippen LogP contribution is 2.23. The predicted molar refractivity (Wildman–Crippen MR) is 86.6 cm³/mol. The Kier molecular flexibility index (Phi) is 4.20. The van der Waals surface area contributed by atoms with Gasteiger partial charge in [0.05, 0.1) is 11.5 Å². The molecule has 1 N–H and O–H groups in total. The van der Waals surface area contributed by atoms with Crippen LogP contribution in [0.25, 0.3) is 0 Å². The standard InChI is InChI=1S/C14H19N5O3S/c1-3-19(11-5-7-23(20,21)9-11)13-4-6-15-14(17-13)16-12-8-10(2)22-18-12/h4,6,8,11H,3,5,7,9H2,1-2H3,(H,15,16,17,18). The van der Waals surface area contributed by atoms with E-state index in [0.717, 1.165) is 0 Å². The molecule has 2 aromatic heterocycles. The van der Waals surface area contributed by atoms with Crippen LogP contribution in [0.4, 0.5) is 17.6 Å². The second kappa shape index (κ2) is 6.15. The van der Waals surface area contributed by atoms with Gasteiger partial charge in [0, 0.05) is 24.8 Å². The molecule has 1 saturated heterocycles. The smallest absolute Gasteiger partial charge is 0.230 e. The molecule has 0 aromatic carbocycles. The molecule has 0 bridgehead atoms. The third kappa shape index (κ3) is 3.61. The highest BCUT2D eigenvalue weighted by molar-refractivity contribution is 7.91. The molecule has 0 aliphatic carbocycles. The third-order valence-electron chi connectivity index (χ3n) is 3.79. The van der Waals surface area contributed by atoms with Gasteiger partial charge in [-0.3, -0.25) is 0 Å². The van der Waals surface area contributed by atoms with Crippen molar-refractivity contribution in [3.63, 3.8) is 0 Å². The van der Waals surface area contributed by atoms with Gasteiger partial charge in [-0.05, 0) is 26.3 Å². The van der Waals surface area contributed by atoms with Crippen molar-refractivity contribution in [2.24, 2.45) is 0 Å². The van der Waals surface area contributed by atoms with Gasteiger partial charge in [-0.2, -0.15) is 4.98 Å². The summed E-state index contributed by atoms with van der Waals surface area (Å²) >= 11 is 0. The zero-order valence-corrected chi connectivity index (χ0v) is 13.9. The van der Waals surface area contributed by atoms with Crippen molar-refractivity contribution in [1.29, 1.82) is 0 Å². The van der Waals surface area contributed by atoms with Crippen LogP contribution < -0.4 is 10.2 Å². The lowest BCUT2D eigenvalue weighted by Crippen LogP contribution is -2.36. The Morgan fingerprint density at radius 2 is 2.30 bits per heavy atom. The summed E-state index contributed by atoms with van der Waals surface area (Å²) in [5.74, 6) is 2.74. The molecular formula is C14H19N5O3S. The van der Waals surface area contributed by atoms with Crippen molar-refractivity contribution >= 4 is 27.4 Å². The summed E-state index contributed by atoms with van der Waals surface area (Å²) in [4.78, 5) is 10.6. The molecule has 0 radical (unpaired) electrons. The van der Waals surface area contributed by atoms with Crippen LogP contribution in [0.5, 0.6) is 0 Å². The van der Waals surface area contributed by atoms with Gasteiger partial charge in [0.15, 0.2) is 15.7 Å². The first kappa shape index (κ1) is 15.7. The zero-order valence-electron chi connectivity index (χ0n) is 13.1. The van der Waals surface area contributed by atoms with E-state index in [9.17, 15) is 8.42 Å². The fourth-order valence-electron chi connectivity index (χ4n) is 2.74. The van der Waals surface area contributed by atoms with Gasteiger partial charge in [-0.1, -0.05) is 5.16 Å². The van der Waals surface area contributed by atoms with E-state index in [1.165, 1.54) is 0 Å². The number of nitrogens with one attached hydrogen (secondary N) is 1. The summed E-state index contributed by atoms with van der Waals surface area (Å²) in [6.07, 6.45) is 2.27. The molecule has 124 valence electrons. The summed E-state index contributed by atoms with van der Waals surface area (Å²) < 4.78 is 28.4. The molecular weight excluding hydrogens is 318 g/mol. The maximum absolute atomic E-state index is 11.7. The van der Waals surface area contributed by atoms with Crippen LogP contribution in [0.1, 0.15) is 19.1 Å². The van der Waals surface area contributed by atoms with E-state index < -0.39 is 9.84 Å². The SMILES string of the molecule is CCN(c1ccnc(Nc2cc(C)on2)n1)C1CCS(=O)(=O)C1. The number of sulfone groups is 1. The monoisotopic (exact) mass is 337 g/mol. The molecule has 3 rings (SSSR count). The predicted octanol–water partition coefficient (Wildman–Crippen LogP) is 1.53. The van der Waals surface area contributed by atoms with E-state index in [0.29, 0.717) is 36.3 Å². The Labute approximate surface area is 134 Å². The van der Waals surface area contributed by atoms with Gasteiger partial charge in [0.1, 0.15) is 11.6 Å². The molecule has 2 aromatic rings. The summed E-state index contributed by atoms with van der Waals surface area (Å²) in [5.41, 5.74) is 0. The number of rotatable bonds is 5. The Bertz CT molecular complexity index is 789. The van der Waals surface area contributed by atoms with E-state index in [-0.39, 0.29) is 17.5 Å². The minimum absolute atomic E-state index is 0.0398. The maximum Gasteiger partial charge on any atom is 0.230 e. The third-order valence-corrected chi connectivity index (χ3v) is 5.54. The quantitative estimate of drug-likeness (QED) is 0.876. The fourth-order valence-corrected chi connectivity index (χ4v) is 4.47. The molecule has 3 heterocycles. The lowest BCUT2D eigenvalue weighted by molar-refractivity contribution is 0.400. The van der Waals surface area contributed by atoms with Gasteiger partial charge >= 0.3 is 0 Å². The van der Waals surface area contributed by atoms with Crippen LogP contribution in [0, 0.1) is 6.92 Å². The Balaban J connectivity index is 1.80. The molecule has 8 nitrogen and oxygen atoms in total. The van der Waals surface area contributed by atoms with Crippen LogP contribution in [0.2, 0.25) is 0 Å². The Morgan fingerprint density at radius 3 is 2.91 bits per heavy atom. The molecule has 1 aliphatic heterocycles. The van der Waals surface area contributed by atoms with Crippen molar-refractivity contribution in [1.82, 2.24) is 15.1 Å². The van der Waals surface area contributed by atoms with Crippen LogP contribution in [-0.2, 0) is 9.84 Å². The topological polar surface area (TPSA) is 101 Å². The Hall–Kier alpha value is -2.16. The van der Waals surface area contributed by atoms with Crippen molar-refractivity contribution in [3.8, 4) is 0 Å². The second-order valence-corrected chi connectivity index (χ2v) is 7.76. The lowest BCUT2D eigenvalue weighted by atomic mass is 10.2. The van der Waals surface area contributed by atoms with Gasteiger partial charge in [-0.15, -0.1) is 0 Å². The van der Waals surface area contributed by atoms with Crippen molar-refractivity contribution in [2.45, 2.75) is 26.3 Å². The number of hydrogen-bond acceptors (Lipinski definition) is 8. The first-order chi connectivity index (χ1) is 11.0. The van der Waals surface area contributed by atoms with E-state index in [1.807, 2.05) is 11.8 Å². The van der Waals surface area contributed by atoms with Crippen LogP contribution in [-0.4, -0.2) is 47.6 Å². The Morgan fingerprint density at radius 1 is 1.48 bits per heavy atom. The van der Waals surface area contributed by atoms with Crippen molar-refractivity contribution in [2.75, 3.05) is 28.3 Å². The number of hydrogen-bond donors (Lipinski definition) is 1. The average Bonchev–Trinajstić information content (AvgIpc) is 3.06. The molecule has 0 amide bonds. The first-order valence-electron chi connectivity index (χ1n) is 7.47. The zero-order chi connectivity index (χ0) is 16.4. The van der Waals surface area contributed by atoms with Crippen LogP contribution >= 0.6 is 0 Å². The van der Waals surface area contributed by atoms with Gasteiger partial charge in [-0.25, -0.2) is 13.4 Å². The number of aryl methyl sites for hydroxylation is 1. The van der Waals surface area contributed by atoms with Gasteiger partial charge < -0.3 is 14.7 Å². The molecule has 9 heteroatoms. The van der Waals surface area contributed by atoms with E-state index >= 15 is 0 Å². The first-order valence-corrected chi connectivity index (χ1v) is 9.29. The number of anilines is 3. The van der Waals surface area contributed by atoms with Gasteiger partial charge in [0.25, 0.3) is 0 Å². The summed E-state index contributed by atoms with van der Waals surface area (Å²) in [6, 6.07) is 3.49. The molecule has 0 spiro atoms. The van der Waals surface area contributed by atoms with Crippen LogP contribution in [0.15, 0.2) is 22.9 Å². The van der Waals surface area contributed by atoms with E-state index in [1.54, 1.807) is 25.3 Å². The molecule has 1 atom stereocenters. The van der Waals surface area contributed by atoms with E-state index in [2.05, 4.69) is 20.4 Å². The van der Waals surface area contributed by atoms with Crippen molar-refractivity contribution in [3.05, 3.63) is 24.1 Å². The normalized spacial score (nSPS) is 19.7. The minimum Gasteiger partial charge on any atom is -0.360 e. The maximum atomic E-state index is 11.7. The second-order valence-electron chi connectivity index (χ2n) is 5.53. The van der Waals surface area contributed by atoms with E-state index in [4.69, 9.17) is 4.52 Å². The minimum atomic E-state index is -2.94. The molecule has 1 unspecified atom stereocenters. The molecule has 0 saturated carbocycles. The largest absolute Gasteiger partial charge is 0.360 e. The highest BCUT2D eigenvalue weighted by Gasteiger charge is 2.32. The fraction of sp³-hybridized carbons (Fsp3) is 0.500. The van der Waals surface area contributed by atoms with Crippen molar-refractivity contribution < 1.29 is 12.9 Å². The number of aromatic nitrogens is 3. The summed E-state index contributed by atoms with van der Waals surface area (Å²) in [7, 11) is -2.94. The lowest BCUT2D eigenvalue weighted by Gasteiger charge is -2.27. The van der Waals surface area contributed by atoms with Gasteiger partial charge in [0.2, 0.25) is 5.95 Å². The number of nitrogens with zero attached hydrogens (tertiary/aromatic N) is 4. The molecule has 1 aliphatic rings. The summed E-state index contributed by atoms with van der Waals surface area (Å²) in [5, 5.41) is 6.82. The summed E-state index contributed by atoms with van der Waals surface area (Å²) in [6.45, 7) is 4.47. The molecule has 23 heavy (non-hydrogen) atoms. The highest BCUT2D eigenvalue weighted by atomic mass is 32.2.